The molecule has 0 amide bonds. The molecule has 3 nitrogen and oxygen atoms in total. The lowest BCUT2D eigenvalue weighted by Crippen LogP contribution is -2.32. The molecular formula is C27H42O3S. The first-order valence-corrected chi connectivity index (χ1v) is 13.4. The molecule has 4 heteroatoms. The van der Waals surface area contributed by atoms with Crippen LogP contribution in [0.1, 0.15) is 78.6 Å². The summed E-state index contributed by atoms with van der Waals surface area (Å²) in [6, 6.07) is 0. The van der Waals surface area contributed by atoms with Gasteiger partial charge in [-0.3, -0.25) is 0 Å². The van der Waals surface area contributed by atoms with Crippen molar-refractivity contribution in [1.29, 1.82) is 0 Å². The van der Waals surface area contributed by atoms with E-state index in [9.17, 15) is 10.2 Å². The summed E-state index contributed by atoms with van der Waals surface area (Å²) < 4.78 is 0. The molecule has 31 heavy (non-hydrogen) atoms. The van der Waals surface area contributed by atoms with E-state index < -0.39 is 11.7 Å². The predicted molar refractivity (Wildman–Crippen MR) is 132 cm³/mol. The molecule has 0 bridgehead atoms. The summed E-state index contributed by atoms with van der Waals surface area (Å²) in [5.41, 5.74) is 5.20. The summed E-state index contributed by atoms with van der Waals surface area (Å²) in [4.78, 5) is 0. The van der Waals surface area contributed by atoms with Crippen LogP contribution in [-0.2, 0) is 0 Å². The highest BCUT2D eigenvalue weighted by molar-refractivity contribution is 7.99. The first-order valence-electron chi connectivity index (χ1n) is 12.2. The van der Waals surface area contributed by atoms with E-state index >= 15 is 0 Å². The van der Waals surface area contributed by atoms with Crippen molar-refractivity contribution in [3.63, 3.8) is 0 Å². The summed E-state index contributed by atoms with van der Waals surface area (Å²) in [7, 11) is 0. The minimum absolute atomic E-state index is 0.0134. The van der Waals surface area contributed by atoms with Crippen molar-refractivity contribution >= 4 is 11.8 Å². The van der Waals surface area contributed by atoms with Crippen LogP contribution >= 0.6 is 11.8 Å². The first kappa shape index (κ1) is 24.8. The zero-order valence-corrected chi connectivity index (χ0v) is 20.5. The Morgan fingerprint density at radius 2 is 1.94 bits per heavy atom. The minimum Gasteiger partial charge on any atom is -0.392 e. The highest BCUT2D eigenvalue weighted by Crippen LogP contribution is 2.55. The second kappa shape index (κ2) is 10.9. The lowest BCUT2D eigenvalue weighted by atomic mass is 9.64. The number of fused-ring (bicyclic) bond motifs is 1. The van der Waals surface area contributed by atoms with E-state index in [4.69, 9.17) is 5.11 Å². The van der Waals surface area contributed by atoms with Gasteiger partial charge in [0.25, 0.3) is 0 Å². The van der Waals surface area contributed by atoms with Crippen LogP contribution in [-0.4, -0.2) is 45.1 Å². The lowest BCUT2D eigenvalue weighted by molar-refractivity contribution is 0.0572. The van der Waals surface area contributed by atoms with E-state index in [1.165, 1.54) is 24.8 Å². The highest BCUT2D eigenvalue weighted by Gasteiger charge is 2.44. The van der Waals surface area contributed by atoms with Crippen LogP contribution in [0.15, 0.2) is 46.6 Å². The van der Waals surface area contributed by atoms with Gasteiger partial charge in [0.1, 0.15) is 0 Å². The van der Waals surface area contributed by atoms with E-state index in [-0.39, 0.29) is 12.0 Å². The second-order valence-corrected chi connectivity index (χ2v) is 10.9. The third kappa shape index (κ3) is 5.76. The van der Waals surface area contributed by atoms with Crippen LogP contribution in [0.25, 0.3) is 0 Å². The van der Waals surface area contributed by atoms with E-state index in [2.05, 4.69) is 39.0 Å². The van der Waals surface area contributed by atoms with Crippen molar-refractivity contribution in [2.24, 2.45) is 11.3 Å². The van der Waals surface area contributed by atoms with Crippen LogP contribution < -0.4 is 0 Å². The van der Waals surface area contributed by atoms with Gasteiger partial charge in [-0.05, 0) is 74.7 Å². The number of aliphatic hydroxyl groups is 3. The van der Waals surface area contributed by atoms with Gasteiger partial charge in [-0.1, -0.05) is 61.8 Å². The van der Waals surface area contributed by atoms with Crippen molar-refractivity contribution < 1.29 is 15.3 Å². The average Bonchev–Trinajstić information content (AvgIpc) is 3.10. The van der Waals surface area contributed by atoms with Crippen LogP contribution in [0.2, 0.25) is 0 Å². The van der Waals surface area contributed by atoms with Gasteiger partial charge < -0.3 is 15.3 Å². The number of hydrogen-bond donors (Lipinski definition) is 3. The fourth-order valence-corrected chi connectivity index (χ4v) is 7.18. The van der Waals surface area contributed by atoms with Crippen molar-refractivity contribution in [3.05, 3.63) is 46.6 Å². The summed E-state index contributed by atoms with van der Waals surface area (Å²) in [5, 5.41) is 30.0. The van der Waals surface area contributed by atoms with Crippen molar-refractivity contribution in [2.45, 2.75) is 90.3 Å². The van der Waals surface area contributed by atoms with Gasteiger partial charge in [-0.25, -0.2) is 0 Å². The normalized spacial score (nSPS) is 33.2. The molecule has 0 aromatic heterocycles. The summed E-state index contributed by atoms with van der Waals surface area (Å²) >= 11 is 1.90. The Labute approximate surface area is 193 Å². The van der Waals surface area contributed by atoms with Gasteiger partial charge in [-0.2, -0.15) is 11.8 Å². The summed E-state index contributed by atoms with van der Waals surface area (Å²) in [5.74, 6) is 2.46. The fraction of sp³-hybridized carbons (Fsp3) is 0.704. The molecule has 2 saturated carbocycles. The standard InChI is InChI=1S/C27H42O3S/c1-4-27(30,5-2)19-31-18-23-12-13-24-21(7-6-15-26(23,24)3)10-8-20-9-11-22(14-16-28)25(29)17-20/h8,10,12,14,24-25,28-30H,4-7,9,11,13,15-19H2,1-3H3/b20-8-,21-10+,22-14-/t24?,25-,26?/m1/s1. The molecule has 0 aromatic rings. The van der Waals surface area contributed by atoms with Gasteiger partial charge in [0, 0.05) is 11.5 Å². The van der Waals surface area contributed by atoms with Crippen LogP contribution in [0, 0.1) is 11.3 Å². The Bertz CT molecular complexity index is 744. The average molecular weight is 447 g/mol. The van der Waals surface area contributed by atoms with Gasteiger partial charge in [0.05, 0.1) is 18.3 Å². The molecular weight excluding hydrogens is 404 g/mol. The maximum Gasteiger partial charge on any atom is 0.0788 e. The molecule has 0 heterocycles. The monoisotopic (exact) mass is 446 g/mol. The summed E-state index contributed by atoms with van der Waals surface area (Å²) in [6.45, 7) is 6.63. The van der Waals surface area contributed by atoms with E-state index in [0.717, 1.165) is 49.2 Å². The largest absolute Gasteiger partial charge is 0.392 e. The second-order valence-electron chi connectivity index (χ2n) is 9.96. The smallest absolute Gasteiger partial charge is 0.0788 e. The molecule has 174 valence electrons. The van der Waals surface area contributed by atoms with Gasteiger partial charge >= 0.3 is 0 Å². The zero-order valence-electron chi connectivity index (χ0n) is 19.7. The fourth-order valence-electron chi connectivity index (χ4n) is 5.62. The topological polar surface area (TPSA) is 60.7 Å². The Balaban J connectivity index is 1.63. The quantitative estimate of drug-likeness (QED) is 0.417. The number of hydrogen-bond acceptors (Lipinski definition) is 4. The zero-order chi connectivity index (χ0) is 22.5. The van der Waals surface area contributed by atoms with Gasteiger partial charge in [0.2, 0.25) is 0 Å². The predicted octanol–water partition coefficient (Wildman–Crippen LogP) is 5.72. The molecule has 3 atom stereocenters. The molecule has 3 aliphatic rings. The molecule has 0 aliphatic heterocycles. The maximum absolute atomic E-state index is 10.6. The number of aliphatic hydroxyl groups excluding tert-OH is 2. The number of allylic oxidation sites excluding steroid dienone is 4. The molecule has 3 N–H and O–H groups in total. The Morgan fingerprint density at radius 1 is 1.16 bits per heavy atom. The van der Waals surface area contributed by atoms with E-state index in [1.807, 2.05) is 11.8 Å². The van der Waals surface area contributed by atoms with Crippen LogP contribution in [0.4, 0.5) is 0 Å². The third-order valence-corrected chi connectivity index (χ3v) is 9.42. The van der Waals surface area contributed by atoms with Crippen molar-refractivity contribution in [3.8, 4) is 0 Å². The molecule has 0 spiro atoms. The molecule has 0 radical (unpaired) electrons. The number of thioether (sulfide) groups is 1. The molecule has 0 saturated heterocycles. The molecule has 2 unspecified atom stereocenters. The van der Waals surface area contributed by atoms with Crippen LogP contribution in [0.5, 0.6) is 0 Å². The Kier molecular flexibility index (Phi) is 8.71. The number of rotatable bonds is 8. The SMILES string of the molecule is CCC(O)(CC)CSCC1=CCC2/C(=C/C=C3/CC/C(=C/CO)[C@H](O)C3)CCCC12C. The first-order chi connectivity index (χ1) is 14.8. The molecule has 0 aromatic carbocycles. The van der Waals surface area contributed by atoms with E-state index in [1.54, 1.807) is 17.2 Å². The van der Waals surface area contributed by atoms with Crippen LogP contribution in [0.3, 0.4) is 0 Å². The Morgan fingerprint density at radius 3 is 2.61 bits per heavy atom. The minimum atomic E-state index is -0.523. The van der Waals surface area contributed by atoms with Crippen molar-refractivity contribution in [1.82, 2.24) is 0 Å². The van der Waals surface area contributed by atoms with E-state index in [0.29, 0.717) is 12.3 Å². The van der Waals surface area contributed by atoms with Crippen molar-refractivity contribution in [2.75, 3.05) is 18.1 Å². The van der Waals surface area contributed by atoms with Gasteiger partial charge in [0.15, 0.2) is 0 Å². The highest BCUT2D eigenvalue weighted by atomic mass is 32.2. The lowest BCUT2D eigenvalue weighted by Gasteiger charge is -2.41. The maximum atomic E-state index is 10.6. The molecule has 3 rings (SSSR count). The molecule has 3 aliphatic carbocycles. The summed E-state index contributed by atoms with van der Waals surface area (Å²) in [6.07, 6.45) is 17.4. The Hall–Kier alpha value is -0.810. The molecule has 2 fully saturated rings. The third-order valence-electron chi connectivity index (χ3n) is 8.16. The van der Waals surface area contributed by atoms with Gasteiger partial charge in [-0.15, -0.1) is 0 Å².